The highest BCUT2D eigenvalue weighted by atomic mass is 32.2. The molecule has 11 nitrogen and oxygen atoms in total. The zero-order valence-electron chi connectivity index (χ0n) is 23.0. The SMILES string of the molecule is CCOC(=O)COc1cc(Sc2ccc(N)cc2)ccc1[N+](=O)[O-].Nc1ccc(Sc2ccc3c(c2)OCC(=O)N3)cc1. The molecule has 5 N–H and O–H groups in total. The Bertz CT molecular complexity index is 1600. The lowest BCUT2D eigenvalue weighted by molar-refractivity contribution is -0.385. The largest absolute Gasteiger partial charge is 0.482 e. The van der Waals surface area contributed by atoms with Crippen LogP contribution in [0.3, 0.4) is 0 Å². The van der Waals surface area contributed by atoms with Gasteiger partial charge in [0.25, 0.3) is 5.91 Å². The Balaban J connectivity index is 0.000000202. The van der Waals surface area contributed by atoms with Gasteiger partial charge in [0.15, 0.2) is 19.0 Å². The van der Waals surface area contributed by atoms with Crippen molar-refractivity contribution >= 4 is 58.1 Å². The summed E-state index contributed by atoms with van der Waals surface area (Å²) in [6.45, 7) is 1.58. The molecule has 4 aromatic rings. The second kappa shape index (κ2) is 14.8. The molecule has 0 spiro atoms. The molecule has 0 unspecified atom stereocenters. The van der Waals surface area contributed by atoms with E-state index in [1.165, 1.54) is 23.9 Å². The molecule has 0 radical (unpaired) electrons. The number of hydrogen-bond acceptors (Lipinski definition) is 11. The van der Waals surface area contributed by atoms with Crippen molar-refractivity contribution in [2.45, 2.75) is 26.5 Å². The van der Waals surface area contributed by atoms with Gasteiger partial charge in [-0.25, -0.2) is 4.79 Å². The molecule has 0 aromatic heterocycles. The number of rotatable bonds is 9. The number of amides is 1. The summed E-state index contributed by atoms with van der Waals surface area (Å²) in [7, 11) is 0. The maximum absolute atomic E-state index is 11.4. The van der Waals surface area contributed by atoms with Crippen molar-refractivity contribution < 1.29 is 28.7 Å². The molecule has 0 saturated carbocycles. The quantitative estimate of drug-likeness (QED) is 0.0865. The average molecular weight is 621 g/mol. The molecule has 1 amide bonds. The zero-order chi connectivity index (χ0) is 30.8. The Morgan fingerprint density at radius 3 is 2.05 bits per heavy atom. The lowest BCUT2D eigenvalue weighted by atomic mass is 10.2. The van der Waals surface area contributed by atoms with Crippen LogP contribution in [-0.4, -0.2) is 36.6 Å². The van der Waals surface area contributed by atoms with Gasteiger partial charge in [-0.15, -0.1) is 0 Å². The molecule has 0 aliphatic carbocycles. The number of nitrogens with one attached hydrogen (secondary N) is 1. The Morgan fingerprint density at radius 2 is 1.47 bits per heavy atom. The van der Waals surface area contributed by atoms with Crippen LogP contribution in [0.1, 0.15) is 6.92 Å². The van der Waals surface area contributed by atoms with Crippen LogP contribution in [0.5, 0.6) is 11.5 Å². The summed E-state index contributed by atoms with van der Waals surface area (Å²) in [6.07, 6.45) is 0. The van der Waals surface area contributed by atoms with Gasteiger partial charge in [0.2, 0.25) is 0 Å². The predicted octanol–water partition coefficient (Wildman–Crippen LogP) is 6.02. The van der Waals surface area contributed by atoms with Crippen molar-refractivity contribution in [2.75, 3.05) is 36.6 Å². The summed E-state index contributed by atoms with van der Waals surface area (Å²) in [5.41, 5.74) is 13.2. The van der Waals surface area contributed by atoms with Crippen molar-refractivity contribution in [3.8, 4) is 11.5 Å². The van der Waals surface area contributed by atoms with Gasteiger partial charge < -0.3 is 31.0 Å². The smallest absolute Gasteiger partial charge is 0.344 e. The number of carbonyl (C=O) groups excluding carboxylic acids is 2. The summed E-state index contributed by atoms with van der Waals surface area (Å²) < 4.78 is 15.4. The number of ether oxygens (including phenoxy) is 3. The standard InChI is InChI=1S/C16H16N2O5S.C14H12N2O2S/c1-2-22-16(19)10-23-15-9-13(7-8-14(15)18(20)21)24-12-5-3-11(17)4-6-12;15-9-1-3-10(4-2-9)19-11-5-6-12-13(7-11)18-8-14(17)16-12/h3-9H,2,10,17H2,1H3;1-7H,8,15H2,(H,16,17). The number of anilines is 3. The van der Waals surface area contributed by atoms with Crippen molar-refractivity contribution in [1.82, 2.24) is 0 Å². The number of nitrogen functional groups attached to an aromatic ring is 2. The number of hydrogen-bond donors (Lipinski definition) is 3. The van der Waals surface area contributed by atoms with E-state index in [-0.39, 0.29) is 37.2 Å². The van der Waals surface area contributed by atoms with Gasteiger partial charge in [-0.05, 0) is 79.7 Å². The van der Waals surface area contributed by atoms with E-state index < -0.39 is 10.9 Å². The van der Waals surface area contributed by atoms with Gasteiger partial charge >= 0.3 is 11.7 Å². The van der Waals surface area contributed by atoms with Crippen LogP contribution in [0.15, 0.2) is 105 Å². The molecule has 5 rings (SSSR count). The molecule has 0 fully saturated rings. The Hall–Kier alpha value is -4.88. The summed E-state index contributed by atoms with van der Waals surface area (Å²) >= 11 is 3.02. The number of fused-ring (bicyclic) bond motifs is 1. The summed E-state index contributed by atoms with van der Waals surface area (Å²) in [5.74, 6) is 0.0309. The van der Waals surface area contributed by atoms with Crippen molar-refractivity contribution in [2.24, 2.45) is 0 Å². The predicted molar refractivity (Wildman–Crippen MR) is 166 cm³/mol. The first-order chi connectivity index (χ1) is 20.7. The first kappa shape index (κ1) is 31.1. The minimum absolute atomic E-state index is 0.0218. The molecule has 0 saturated heterocycles. The highest BCUT2D eigenvalue weighted by molar-refractivity contribution is 7.99. The van der Waals surface area contributed by atoms with Crippen molar-refractivity contribution in [3.63, 3.8) is 0 Å². The van der Waals surface area contributed by atoms with Gasteiger partial charge in [-0.3, -0.25) is 14.9 Å². The van der Waals surface area contributed by atoms with E-state index in [1.54, 1.807) is 36.9 Å². The maximum Gasteiger partial charge on any atom is 0.344 e. The highest BCUT2D eigenvalue weighted by Gasteiger charge is 2.18. The number of carbonyl (C=O) groups is 2. The van der Waals surface area contributed by atoms with Crippen molar-refractivity contribution in [1.29, 1.82) is 0 Å². The molecular weight excluding hydrogens is 592 g/mol. The van der Waals surface area contributed by atoms with Gasteiger partial charge in [0.05, 0.1) is 17.2 Å². The average Bonchev–Trinajstić information content (AvgIpc) is 2.99. The number of esters is 1. The monoisotopic (exact) mass is 620 g/mol. The highest BCUT2D eigenvalue weighted by Crippen LogP contribution is 2.37. The van der Waals surface area contributed by atoms with E-state index >= 15 is 0 Å². The molecule has 1 aliphatic rings. The zero-order valence-corrected chi connectivity index (χ0v) is 24.6. The third-order valence-corrected chi connectivity index (χ3v) is 7.59. The number of benzene rings is 4. The number of nitrogens with zero attached hydrogens (tertiary/aromatic N) is 1. The van der Waals surface area contributed by atoms with Crippen LogP contribution in [-0.2, 0) is 14.3 Å². The first-order valence-corrected chi connectivity index (χ1v) is 14.5. The molecule has 1 heterocycles. The maximum atomic E-state index is 11.4. The minimum Gasteiger partial charge on any atom is -0.482 e. The van der Waals surface area contributed by atoms with Crippen LogP contribution in [0, 0.1) is 10.1 Å². The Kier molecular flexibility index (Phi) is 10.7. The second-order valence-corrected chi connectivity index (χ2v) is 11.1. The molecule has 0 bridgehead atoms. The number of nitro groups is 1. The Morgan fingerprint density at radius 1 is 0.907 bits per heavy atom. The number of nitro benzene ring substituents is 1. The number of nitrogens with two attached hydrogens (primary N) is 2. The molecule has 43 heavy (non-hydrogen) atoms. The van der Waals surface area contributed by atoms with Crippen LogP contribution in [0.4, 0.5) is 22.7 Å². The third kappa shape index (κ3) is 9.31. The van der Waals surface area contributed by atoms with E-state index in [0.717, 1.165) is 31.0 Å². The van der Waals surface area contributed by atoms with Crippen LogP contribution < -0.4 is 26.3 Å². The van der Waals surface area contributed by atoms with Crippen LogP contribution in [0.2, 0.25) is 0 Å². The molecule has 4 aromatic carbocycles. The van der Waals surface area contributed by atoms with Crippen LogP contribution >= 0.6 is 23.5 Å². The lowest BCUT2D eigenvalue weighted by Gasteiger charge is -2.18. The Labute approximate surface area is 256 Å². The fourth-order valence-electron chi connectivity index (χ4n) is 3.63. The topological polar surface area (TPSA) is 169 Å². The molecule has 13 heteroatoms. The van der Waals surface area contributed by atoms with E-state index in [0.29, 0.717) is 11.4 Å². The summed E-state index contributed by atoms with van der Waals surface area (Å²) in [6, 6.07) is 25.2. The summed E-state index contributed by atoms with van der Waals surface area (Å²) in [5, 5.41) is 13.9. The fourth-order valence-corrected chi connectivity index (χ4v) is 5.32. The van der Waals surface area contributed by atoms with E-state index in [9.17, 15) is 19.7 Å². The molecule has 0 atom stereocenters. The minimum atomic E-state index is -0.580. The summed E-state index contributed by atoms with van der Waals surface area (Å²) in [4.78, 5) is 36.9. The van der Waals surface area contributed by atoms with Gasteiger partial charge in [0, 0.05) is 43.1 Å². The third-order valence-electron chi connectivity index (χ3n) is 5.60. The molecular formula is C30H28N4O7S2. The fraction of sp³-hybridized carbons (Fsp3) is 0.133. The lowest BCUT2D eigenvalue weighted by Crippen LogP contribution is -2.25. The first-order valence-electron chi connectivity index (χ1n) is 12.9. The normalized spacial score (nSPS) is 11.6. The van der Waals surface area contributed by atoms with E-state index in [4.69, 9.17) is 25.7 Å². The van der Waals surface area contributed by atoms with Crippen LogP contribution in [0.25, 0.3) is 0 Å². The molecule has 1 aliphatic heterocycles. The van der Waals surface area contributed by atoms with E-state index in [1.807, 2.05) is 54.6 Å². The molecule has 222 valence electrons. The van der Waals surface area contributed by atoms with Crippen molar-refractivity contribution in [3.05, 3.63) is 95.0 Å². The van der Waals surface area contributed by atoms with Gasteiger partial charge in [0.1, 0.15) is 5.75 Å². The van der Waals surface area contributed by atoms with Gasteiger partial charge in [-0.1, -0.05) is 23.5 Å². The van der Waals surface area contributed by atoms with Gasteiger partial charge in [-0.2, -0.15) is 0 Å². The van der Waals surface area contributed by atoms with E-state index in [2.05, 4.69) is 5.32 Å². The second-order valence-electron chi connectivity index (χ2n) is 8.82.